The van der Waals surface area contributed by atoms with Crippen molar-refractivity contribution in [2.24, 2.45) is 0 Å². The summed E-state index contributed by atoms with van der Waals surface area (Å²) in [6, 6.07) is 9.07. The van der Waals surface area contributed by atoms with E-state index in [-0.39, 0.29) is 5.91 Å². The number of carbonyl (C=O) groups is 1. The van der Waals surface area contributed by atoms with Crippen LogP contribution >= 0.6 is 0 Å². The molecule has 0 radical (unpaired) electrons. The van der Waals surface area contributed by atoms with Gasteiger partial charge in [-0.05, 0) is 42.5 Å². The van der Waals surface area contributed by atoms with Crippen LogP contribution in [0.4, 0.5) is 0 Å². The Bertz CT molecular complexity index is 570. The number of phenols is 1. The van der Waals surface area contributed by atoms with Gasteiger partial charge in [-0.25, -0.2) is 0 Å². The number of carbonyl (C=O) groups excluding carboxylic acids is 1. The molecule has 1 fully saturated rings. The summed E-state index contributed by atoms with van der Waals surface area (Å²) in [6.45, 7) is 1.51. The molecule has 0 spiro atoms. The number of benzene rings is 1. The molecule has 0 bridgehead atoms. The van der Waals surface area contributed by atoms with Gasteiger partial charge in [-0.2, -0.15) is 5.10 Å². The molecule has 0 atom stereocenters. The van der Waals surface area contributed by atoms with Crippen LogP contribution in [0.15, 0.2) is 36.5 Å². The first-order valence-corrected chi connectivity index (χ1v) is 6.81. The van der Waals surface area contributed by atoms with E-state index in [1.807, 2.05) is 17.0 Å². The first kappa shape index (κ1) is 12.7. The predicted octanol–water partition coefficient (Wildman–Crippen LogP) is 2.14. The highest BCUT2D eigenvalue weighted by Gasteiger charge is 2.25. The van der Waals surface area contributed by atoms with Gasteiger partial charge in [0.1, 0.15) is 11.4 Å². The van der Waals surface area contributed by atoms with Crippen LogP contribution in [0.25, 0.3) is 0 Å². The second-order valence-electron chi connectivity index (χ2n) is 5.13. The molecule has 1 aliphatic rings. The Labute approximate surface area is 117 Å². The second kappa shape index (κ2) is 5.36. The van der Waals surface area contributed by atoms with Crippen LogP contribution in [0.5, 0.6) is 5.75 Å². The zero-order valence-electron chi connectivity index (χ0n) is 11.1. The van der Waals surface area contributed by atoms with E-state index in [0.29, 0.717) is 17.4 Å². The standard InChI is InChI=1S/C15H17N3O2/c19-13-3-1-11(2-4-13)12-6-9-18(10-7-12)15(20)14-5-8-16-17-14/h1-5,8,12,19H,6-7,9-10H2,(H,16,17). The molecule has 0 aliphatic carbocycles. The normalized spacial score (nSPS) is 16.3. The Morgan fingerprint density at radius 3 is 2.50 bits per heavy atom. The minimum Gasteiger partial charge on any atom is -0.508 e. The van der Waals surface area contributed by atoms with E-state index in [4.69, 9.17) is 0 Å². The molecule has 2 heterocycles. The average Bonchev–Trinajstić information content (AvgIpc) is 3.02. The lowest BCUT2D eigenvalue weighted by Gasteiger charge is -2.32. The summed E-state index contributed by atoms with van der Waals surface area (Å²) in [5.74, 6) is 0.772. The number of piperidine rings is 1. The number of hydrogen-bond donors (Lipinski definition) is 2. The van der Waals surface area contributed by atoms with Gasteiger partial charge in [0.05, 0.1) is 0 Å². The van der Waals surface area contributed by atoms with Crippen LogP contribution in [0, 0.1) is 0 Å². The fourth-order valence-corrected chi connectivity index (χ4v) is 2.71. The van der Waals surface area contributed by atoms with Crippen molar-refractivity contribution >= 4 is 5.91 Å². The fraction of sp³-hybridized carbons (Fsp3) is 0.333. The molecule has 1 saturated heterocycles. The summed E-state index contributed by atoms with van der Waals surface area (Å²) >= 11 is 0. The van der Waals surface area contributed by atoms with Crippen LogP contribution in [0.1, 0.15) is 34.8 Å². The van der Waals surface area contributed by atoms with Crippen LogP contribution in [-0.4, -0.2) is 39.2 Å². The number of aromatic amines is 1. The summed E-state index contributed by atoms with van der Waals surface area (Å²) < 4.78 is 0. The van der Waals surface area contributed by atoms with Gasteiger partial charge in [-0.3, -0.25) is 9.89 Å². The van der Waals surface area contributed by atoms with Gasteiger partial charge in [-0.15, -0.1) is 0 Å². The lowest BCUT2D eigenvalue weighted by atomic mass is 9.89. The monoisotopic (exact) mass is 271 g/mol. The van der Waals surface area contributed by atoms with Gasteiger partial charge in [0, 0.05) is 19.3 Å². The molecule has 1 aromatic carbocycles. The molecule has 3 rings (SSSR count). The Morgan fingerprint density at radius 2 is 1.90 bits per heavy atom. The third-order valence-corrected chi connectivity index (χ3v) is 3.88. The molecule has 20 heavy (non-hydrogen) atoms. The fourth-order valence-electron chi connectivity index (χ4n) is 2.71. The number of H-pyrrole nitrogens is 1. The number of aromatic nitrogens is 2. The Hall–Kier alpha value is -2.30. The van der Waals surface area contributed by atoms with Gasteiger partial charge < -0.3 is 10.0 Å². The largest absolute Gasteiger partial charge is 0.508 e. The van der Waals surface area contributed by atoms with Crippen molar-refractivity contribution in [2.45, 2.75) is 18.8 Å². The smallest absolute Gasteiger partial charge is 0.271 e. The van der Waals surface area contributed by atoms with E-state index in [9.17, 15) is 9.90 Å². The van der Waals surface area contributed by atoms with Crippen molar-refractivity contribution in [3.63, 3.8) is 0 Å². The molecule has 5 nitrogen and oxygen atoms in total. The maximum absolute atomic E-state index is 12.2. The molecule has 5 heteroatoms. The third kappa shape index (κ3) is 2.52. The lowest BCUT2D eigenvalue weighted by molar-refractivity contribution is 0.0707. The van der Waals surface area contributed by atoms with Crippen molar-refractivity contribution in [3.05, 3.63) is 47.8 Å². The third-order valence-electron chi connectivity index (χ3n) is 3.88. The molecule has 104 valence electrons. The van der Waals surface area contributed by atoms with Crippen molar-refractivity contribution in [1.29, 1.82) is 0 Å². The van der Waals surface area contributed by atoms with Gasteiger partial charge >= 0.3 is 0 Å². The summed E-state index contributed by atoms with van der Waals surface area (Å²) in [6.07, 6.45) is 3.49. The molecule has 0 unspecified atom stereocenters. The van der Waals surface area contributed by atoms with Crippen LogP contribution < -0.4 is 0 Å². The molecular formula is C15H17N3O2. The van der Waals surface area contributed by atoms with Crippen molar-refractivity contribution in [1.82, 2.24) is 15.1 Å². The van der Waals surface area contributed by atoms with E-state index in [0.717, 1.165) is 25.9 Å². The molecule has 2 aromatic rings. The number of aromatic hydroxyl groups is 1. The topological polar surface area (TPSA) is 69.2 Å². The first-order chi connectivity index (χ1) is 9.74. The van der Waals surface area contributed by atoms with Crippen LogP contribution in [-0.2, 0) is 0 Å². The van der Waals surface area contributed by atoms with Crippen LogP contribution in [0.2, 0.25) is 0 Å². The van der Waals surface area contributed by atoms with Crippen molar-refractivity contribution < 1.29 is 9.90 Å². The van der Waals surface area contributed by atoms with E-state index >= 15 is 0 Å². The highest BCUT2D eigenvalue weighted by atomic mass is 16.3. The Kier molecular flexibility index (Phi) is 3.41. The molecule has 1 amide bonds. The number of phenolic OH excluding ortho intramolecular Hbond substituents is 1. The number of likely N-dealkylation sites (tertiary alicyclic amines) is 1. The van der Waals surface area contributed by atoms with Crippen LogP contribution in [0.3, 0.4) is 0 Å². The minimum absolute atomic E-state index is 0.0201. The molecule has 2 N–H and O–H groups in total. The quantitative estimate of drug-likeness (QED) is 0.879. The lowest BCUT2D eigenvalue weighted by Crippen LogP contribution is -2.38. The summed E-state index contributed by atoms with van der Waals surface area (Å²) in [4.78, 5) is 14.0. The highest BCUT2D eigenvalue weighted by molar-refractivity contribution is 5.92. The summed E-state index contributed by atoms with van der Waals surface area (Å²) in [5, 5.41) is 15.8. The van der Waals surface area contributed by atoms with E-state index < -0.39 is 0 Å². The average molecular weight is 271 g/mol. The molecule has 0 saturated carbocycles. The number of rotatable bonds is 2. The SMILES string of the molecule is O=C(c1ccn[nH]1)N1CCC(c2ccc(O)cc2)CC1. The number of nitrogens with zero attached hydrogens (tertiary/aromatic N) is 2. The van der Waals surface area contributed by atoms with E-state index in [1.54, 1.807) is 24.4 Å². The van der Waals surface area contributed by atoms with Gasteiger partial charge in [0.15, 0.2) is 0 Å². The zero-order chi connectivity index (χ0) is 13.9. The Morgan fingerprint density at radius 1 is 1.20 bits per heavy atom. The zero-order valence-corrected chi connectivity index (χ0v) is 11.1. The summed E-state index contributed by atoms with van der Waals surface area (Å²) in [5.41, 5.74) is 1.78. The van der Waals surface area contributed by atoms with E-state index in [1.165, 1.54) is 5.56 Å². The molecule has 1 aliphatic heterocycles. The summed E-state index contributed by atoms with van der Waals surface area (Å²) in [7, 11) is 0. The van der Waals surface area contributed by atoms with E-state index in [2.05, 4.69) is 10.2 Å². The second-order valence-corrected chi connectivity index (χ2v) is 5.13. The number of amides is 1. The minimum atomic E-state index is 0.0201. The van der Waals surface area contributed by atoms with Crippen molar-refractivity contribution in [2.75, 3.05) is 13.1 Å². The maximum Gasteiger partial charge on any atom is 0.271 e. The van der Waals surface area contributed by atoms with Gasteiger partial charge in [-0.1, -0.05) is 12.1 Å². The predicted molar refractivity (Wildman–Crippen MR) is 74.6 cm³/mol. The molecular weight excluding hydrogens is 254 g/mol. The first-order valence-electron chi connectivity index (χ1n) is 6.81. The number of hydrogen-bond acceptors (Lipinski definition) is 3. The van der Waals surface area contributed by atoms with Gasteiger partial charge in [0.25, 0.3) is 5.91 Å². The highest BCUT2D eigenvalue weighted by Crippen LogP contribution is 2.29. The maximum atomic E-state index is 12.2. The Balaban J connectivity index is 1.62. The molecule has 1 aromatic heterocycles. The number of nitrogens with one attached hydrogen (secondary N) is 1. The van der Waals surface area contributed by atoms with Gasteiger partial charge in [0.2, 0.25) is 0 Å². The van der Waals surface area contributed by atoms with Crippen molar-refractivity contribution in [3.8, 4) is 5.75 Å².